The summed E-state index contributed by atoms with van der Waals surface area (Å²) in [6, 6.07) is 9.13. The third kappa shape index (κ3) is 3.15. The largest absolute Gasteiger partial charge is 0.488 e. The molecule has 24 heavy (non-hydrogen) atoms. The van der Waals surface area contributed by atoms with E-state index in [-0.39, 0.29) is 22.6 Å². The Labute approximate surface area is 140 Å². The molecule has 0 radical (unpaired) electrons. The van der Waals surface area contributed by atoms with Crippen LogP contribution in [-0.2, 0) is 23.5 Å². The van der Waals surface area contributed by atoms with Gasteiger partial charge in [-0.25, -0.2) is 13.1 Å². The molecule has 2 N–H and O–H groups in total. The minimum atomic E-state index is -3.58. The first kappa shape index (κ1) is 16.5. The summed E-state index contributed by atoms with van der Waals surface area (Å²) in [6.07, 6.45) is 2.03. The molecular weight excluding hydrogens is 330 g/mol. The minimum absolute atomic E-state index is 0.0576. The molecule has 0 saturated carbocycles. The highest BCUT2D eigenvalue weighted by atomic mass is 32.2. The highest BCUT2D eigenvalue weighted by Crippen LogP contribution is 2.27. The molecular formula is C16H19N3O4S. The summed E-state index contributed by atoms with van der Waals surface area (Å²) < 4.78 is 33.1. The number of carbonyl (C=O) groups is 1. The maximum atomic E-state index is 12.3. The lowest BCUT2D eigenvalue weighted by atomic mass is 10.1. The van der Waals surface area contributed by atoms with E-state index in [4.69, 9.17) is 4.74 Å². The third-order valence-electron chi connectivity index (χ3n) is 4.00. The molecule has 128 valence electrons. The van der Waals surface area contributed by atoms with Crippen LogP contribution in [0.1, 0.15) is 16.1 Å². The molecule has 1 aromatic heterocycles. The summed E-state index contributed by atoms with van der Waals surface area (Å²) in [5.41, 5.74) is 1.40. The molecule has 0 bridgehead atoms. The Bertz CT molecular complexity index is 848. The lowest BCUT2D eigenvalue weighted by Crippen LogP contribution is -2.35. The van der Waals surface area contributed by atoms with E-state index in [0.717, 1.165) is 17.7 Å². The number of sulfonamides is 1. The molecule has 1 aliphatic rings. The topological polar surface area (TPSA) is 89.4 Å². The number of aryl methyl sites for hydroxylation is 1. The molecule has 0 spiro atoms. The first-order valence-corrected chi connectivity index (χ1v) is 9.01. The average Bonchev–Trinajstić information content (AvgIpc) is 3.16. The fourth-order valence-electron chi connectivity index (χ4n) is 2.69. The highest BCUT2D eigenvalue weighted by Gasteiger charge is 2.24. The van der Waals surface area contributed by atoms with Gasteiger partial charge in [-0.3, -0.25) is 4.79 Å². The molecule has 1 atom stereocenters. The number of rotatable bonds is 5. The predicted molar refractivity (Wildman–Crippen MR) is 88.6 cm³/mol. The van der Waals surface area contributed by atoms with E-state index in [2.05, 4.69) is 10.0 Å². The quantitative estimate of drug-likeness (QED) is 0.830. The van der Waals surface area contributed by atoms with Gasteiger partial charge in [0.15, 0.2) is 0 Å². The number of carbonyl (C=O) groups excluding carboxylic acids is 1. The molecule has 1 unspecified atom stereocenters. The van der Waals surface area contributed by atoms with Crippen molar-refractivity contribution in [3.8, 4) is 5.75 Å². The van der Waals surface area contributed by atoms with Gasteiger partial charge < -0.3 is 14.6 Å². The Balaban J connectivity index is 1.65. The Morgan fingerprint density at radius 2 is 2.12 bits per heavy atom. The summed E-state index contributed by atoms with van der Waals surface area (Å²) in [5.74, 6) is 0.507. The smallest absolute Gasteiger partial charge is 0.268 e. The number of para-hydroxylation sites is 1. The Morgan fingerprint density at radius 3 is 2.83 bits per heavy atom. The lowest BCUT2D eigenvalue weighted by Gasteiger charge is -2.12. The zero-order chi connectivity index (χ0) is 17.3. The zero-order valence-electron chi connectivity index (χ0n) is 13.4. The lowest BCUT2D eigenvalue weighted by molar-refractivity contribution is 0.0925. The summed E-state index contributed by atoms with van der Waals surface area (Å²) >= 11 is 0. The maximum Gasteiger partial charge on any atom is 0.268 e. The summed E-state index contributed by atoms with van der Waals surface area (Å²) in [7, 11) is -0.615. The van der Waals surface area contributed by atoms with Crippen molar-refractivity contribution in [2.24, 2.45) is 7.05 Å². The van der Waals surface area contributed by atoms with Crippen LogP contribution in [0.3, 0.4) is 0 Å². The molecule has 2 aromatic rings. The van der Waals surface area contributed by atoms with Gasteiger partial charge in [0.25, 0.3) is 5.91 Å². The van der Waals surface area contributed by atoms with Crippen LogP contribution in [0, 0.1) is 0 Å². The van der Waals surface area contributed by atoms with Gasteiger partial charge in [0.1, 0.15) is 22.4 Å². The minimum Gasteiger partial charge on any atom is -0.488 e. The van der Waals surface area contributed by atoms with Crippen LogP contribution in [0.5, 0.6) is 5.75 Å². The highest BCUT2D eigenvalue weighted by molar-refractivity contribution is 7.89. The van der Waals surface area contributed by atoms with Gasteiger partial charge in [0.05, 0.1) is 6.54 Å². The molecule has 8 heteroatoms. The van der Waals surface area contributed by atoms with Crippen LogP contribution in [-0.4, -0.2) is 38.6 Å². The second kappa shape index (κ2) is 6.29. The van der Waals surface area contributed by atoms with Gasteiger partial charge in [0, 0.05) is 19.7 Å². The predicted octanol–water partition coefficient (Wildman–Crippen LogP) is 0.667. The van der Waals surface area contributed by atoms with Crippen molar-refractivity contribution in [3.05, 3.63) is 47.8 Å². The molecule has 0 fully saturated rings. The van der Waals surface area contributed by atoms with Crippen LogP contribution in [0.25, 0.3) is 0 Å². The number of nitrogens with zero attached hydrogens (tertiary/aromatic N) is 1. The van der Waals surface area contributed by atoms with Gasteiger partial charge in [-0.05, 0) is 24.7 Å². The fraction of sp³-hybridized carbons (Fsp3) is 0.312. The first-order valence-electron chi connectivity index (χ1n) is 7.53. The Hall–Kier alpha value is -2.32. The van der Waals surface area contributed by atoms with Crippen LogP contribution in [0.15, 0.2) is 41.4 Å². The average molecular weight is 349 g/mol. The van der Waals surface area contributed by atoms with Gasteiger partial charge in [-0.15, -0.1) is 0 Å². The van der Waals surface area contributed by atoms with Gasteiger partial charge in [-0.1, -0.05) is 18.2 Å². The van der Waals surface area contributed by atoms with Crippen LogP contribution >= 0.6 is 0 Å². The SMILES string of the molecule is CNS(=O)(=O)c1cc(C(=O)NCC2Cc3ccccc3O2)n(C)c1. The normalized spacial score (nSPS) is 16.5. The first-order chi connectivity index (χ1) is 11.4. The van der Waals surface area contributed by atoms with Crippen molar-refractivity contribution < 1.29 is 17.9 Å². The number of aromatic nitrogens is 1. The van der Waals surface area contributed by atoms with Crippen molar-refractivity contribution in [1.82, 2.24) is 14.6 Å². The van der Waals surface area contributed by atoms with Crippen molar-refractivity contribution in [2.45, 2.75) is 17.4 Å². The molecule has 1 amide bonds. The number of ether oxygens (including phenoxy) is 1. The molecule has 1 aromatic carbocycles. The second-order valence-corrected chi connectivity index (χ2v) is 7.53. The number of benzene rings is 1. The molecule has 0 aliphatic carbocycles. The molecule has 0 saturated heterocycles. The standard InChI is InChI=1S/C16H19N3O4S/c1-17-24(21,22)13-8-14(19(2)10-13)16(20)18-9-12-7-11-5-3-4-6-15(11)23-12/h3-6,8,10,12,17H,7,9H2,1-2H3,(H,18,20). The van der Waals surface area contributed by atoms with Gasteiger partial charge in [0.2, 0.25) is 10.0 Å². The monoisotopic (exact) mass is 349 g/mol. The summed E-state index contributed by atoms with van der Waals surface area (Å²) in [4.78, 5) is 12.4. The van der Waals surface area contributed by atoms with Crippen LogP contribution in [0.4, 0.5) is 0 Å². The number of fused-ring (bicyclic) bond motifs is 1. The number of hydrogen-bond acceptors (Lipinski definition) is 4. The van der Waals surface area contributed by atoms with E-state index in [1.165, 1.54) is 23.9 Å². The Morgan fingerprint density at radius 1 is 1.38 bits per heavy atom. The fourth-order valence-corrected chi connectivity index (χ4v) is 3.49. The van der Waals surface area contributed by atoms with E-state index in [0.29, 0.717) is 6.54 Å². The van der Waals surface area contributed by atoms with E-state index in [9.17, 15) is 13.2 Å². The zero-order valence-corrected chi connectivity index (χ0v) is 14.3. The third-order valence-corrected chi connectivity index (χ3v) is 5.38. The second-order valence-electron chi connectivity index (χ2n) is 5.64. The van der Waals surface area contributed by atoms with Gasteiger partial charge >= 0.3 is 0 Å². The van der Waals surface area contributed by atoms with Gasteiger partial charge in [-0.2, -0.15) is 0 Å². The molecule has 7 nitrogen and oxygen atoms in total. The number of nitrogens with one attached hydrogen (secondary N) is 2. The summed E-state index contributed by atoms with van der Waals surface area (Å²) in [6.45, 7) is 0.354. The van der Waals surface area contributed by atoms with Crippen molar-refractivity contribution in [3.63, 3.8) is 0 Å². The maximum absolute atomic E-state index is 12.3. The van der Waals surface area contributed by atoms with Crippen molar-refractivity contribution >= 4 is 15.9 Å². The summed E-state index contributed by atoms with van der Waals surface area (Å²) in [5, 5.41) is 2.80. The van der Waals surface area contributed by atoms with Crippen LogP contribution in [0.2, 0.25) is 0 Å². The van der Waals surface area contributed by atoms with Crippen molar-refractivity contribution in [1.29, 1.82) is 0 Å². The van der Waals surface area contributed by atoms with E-state index in [1.807, 2.05) is 24.3 Å². The molecule has 2 heterocycles. The van der Waals surface area contributed by atoms with Crippen molar-refractivity contribution in [2.75, 3.05) is 13.6 Å². The molecule has 1 aliphatic heterocycles. The number of amides is 1. The number of hydrogen-bond donors (Lipinski definition) is 2. The Kier molecular flexibility index (Phi) is 4.33. The van der Waals surface area contributed by atoms with E-state index >= 15 is 0 Å². The van der Waals surface area contributed by atoms with E-state index < -0.39 is 10.0 Å². The molecule has 3 rings (SSSR count). The van der Waals surface area contributed by atoms with E-state index in [1.54, 1.807) is 7.05 Å². The van der Waals surface area contributed by atoms with Crippen LogP contribution < -0.4 is 14.8 Å².